The lowest BCUT2D eigenvalue weighted by Gasteiger charge is -2.12. The van der Waals surface area contributed by atoms with E-state index in [9.17, 15) is 9.59 Å². The maximum absolute atomic E-state index is 13.2. The summed E-state index contributed by atoms with van der Waals surface area (Å²) in [6, 6.07) is 15.1. The number of rotatable bonds is 6. The van der Waals surface area contributed by atoms with Gasteiger partial charge >= 0.3 is 0 Å². The van der Waals surface area contributed by atoms with Crippen molar-refractivity contribution in [2.24, 2.45) is 0 Å². The molecule has 1 aliphatic rings. The highest BCUT2D eigenvalue weighted by Crippen LogP contribution is 2.32. The van der Waals surface area contributed by atoms with Crippen molar-refractivity contribution in [1.29, 1.82) is 0 Å². The Labute approximate surface area is 192 Å². The molecular weight excluding hydrogens is 446 g/mol. The molecule has 0 bridgehead atoms. The Morgan fingerprint density at radius 1 is 1.19 bits per heavy atom. The van der Waals surface area contributed by atoms with Crippen LogP contribution in [0.3, 0.4) is 0 Å². The number of thiophene rings is 1. The van der Waals surface area contributed by atoms with Crippen LogP contribution in [0, 0.1) is 6.92 Å². The third-order valence-electron chi connectivity index (χ3n) is 4.97. The van der Waals surface area contributed by atoms with Crippen LogP contribution < -0.4 is 20.3 Å². The minimum Gasteiger partial charge on any atom is -0.454 e. The van der Waals surface area contributed by atoms with Gasteiger partial charge in [-0.3, -0.25) is 14.2 Å². The number of hydrogen-bond donors (Lipinski definition) is 1. The molecule has 4 aromatic rings. The Morgan fingerprint density at radius 3 is 2.94 bits per heavy atom. The Balaban J connectivity index is 1.34. The van der Waals surface area contributed by atoms with Crippen LogP contribution in [0.15, 0.2) is 63.9 Å². The zero-order chi connectivity index (χ0) is 22.1. The summed E-state index contributed by atoms with van der Waals surface area (Å²) in [6.45, 7) is 2.56. The summed E-state index contributed by atoms with van der Waals surface area (Å²) in [7, 11) is 0. The molecule has 0 atom stereocenters. The number of hydrogen-bond acceptors (Lipinski definition) is 7. The van der Waals surface area contributed by atoms with Gasteiger partial charge in [0.2, 0.25) is 12.7 Å². The fourth-order valence-electron chi connectivity index (χ4n) is 3.42. The van der Waals surface area contributed by atoms with Crippen molar-refractivity contribution in [1.82, 2.24) is 14.9 Å². The van der Waals surface area contributed by atoms with Gasteiger partial charge in [0.15, 0.2) is 16.7 Å². The highest BCUT2D eigenvalue weighted by Gasteiger charge is 2.17. The van der Waals surface area contributed by atoms with Gasteiger partial charge in [0.05, 0.1) is 17.0 Å². The number of nitrogens with zero attached hydrogens (tertiary/aromatic N) is 2. The summed E-state index contributed by atoms with van der Waals surface area (Å²) in [5.74, 6) is 1.38. The zero-order valence-corrected chi connectivity index (χ0v) is 18.8. The van der Waals surface area contributed by atoms with Gasteiger partial charge in [-0.1, -0.05) is 30.0 Å². The number of fused-ring (bicyclic) bond motifs is 2. The van der Waals surface area contributed by atoms with E-state index in [0.29, 0.717) is 33.4 Å². The van der Waals surface area contributed by atoms with E-state index in [-0.39, 0.29) is 24.0 Å². The molecule has 0 radical (unpaired) electrons. The van der Waals surface area contributed by atoms with Crippen molar-refractivity contribution >= 4 is 39.2 Å². The van der Waals surface area contributed by atoms with E-state index in [1.165, 1.54) is 23.1 Å². The molecule has 9 heteroatoms. The molecule has 32 heavy (non-hydrogen) atoms. The monoisotopic (exact) mass is 465 g/mol. The standard InChI is InChI=1S/C23H19N3O4S2/c1-14-3-2-4-16(9-14)26-22(28)21-17(7-8-31-21)25-23(26)32-12-20(27)24-11-15-5-6-18-19(10-15)30-13-29-18/h2-10H,11-13H2,1H3,(H,24,27). The normalized spacial score (nSPS) is 12.3. The molecule has 162 valence electrons. The first kappa shape index (κ1) is 20.6. The highest BCUT2D eigenvalue weighted by atomic mass is 32.2. The highest BCUT2D eigenvalue weighted by molar-refractivity contribution is 7.99. The van der Waals surface area contributed by atoms with Crippen LogP contribution in [0.5, 0.6) is 11.5 Å². The van der Waals surface area contributed by atoms with Crippen LogP contribution in [-0.2, 0) is 11.3 Å². The Bertz CT molecular complexity index is 1380. The van der Waals surface area contributed by atoms with Crippen LogP contribution in [0.2, 0.25) is 0 Å². The predicted molar refractivity (Wildman–Crippen MR) is 125 cm³/mol. The van der Waals surface area contributed by atoms with Crippen molar-refractivity contribution in [2.75, 3.05) is 12.5 Å². The van der Waals surface area contributed by atoms with Crippen molar-refractivity contribution in [2.45, 2.75) is 18.6 Å². The Morgan fingerprint density at radius 2 is 2.06 bits per heavy atom. The lowest BCUT2D eigenvalue weighted by molar-refractivity contribution is -0.118. The molecule has 0 unspecified atom stereocenters. The minimum atomic E-state index is -0.150. The molecule has 2 aromatic carbocycles. The van der Waals surface area contributed by atoms with E-state index < -0.39 is 0 Å². The molecule has 0 saturated heterocycles. The van der Waals surface area contributed by atoms with Crippen molar-refractivity contribution in [3.63, 3.8) is 0 Å². The van der Waals surface area contributed by atoms with E-state index in [1.807, 2.05) is 60.8 Å². The fraction of sp³-hybridized carbons (Fsp3) is 0.174. The maximum Gasteiger partial charge on any atom is 0.276 e. The van der Waals surface area contributed by atoms with Crippen LogP contribution in [0.4, 0.5) is 0 Å². The largest absolute Gasteiger partial charge is 0.454 e. The Kier molecular flexibility index (Phi) is 5.59. The third kappa shape index (κ3) is 4.09. The average Bonchev–Trinajstić information content (AvgIpc) is 3.45. The molecule has 5 rings (SSSR count). The quantitative estimate of drug-likeness (QED) is 0.344. The molecule has 1 aliphatic heterocycles. The number of thioether (sulfide) groups is 1. The number of aromatic nitrogens is 2. The van der Waals surface area contributed by atoms with E-state index in [2.05, 4.69) is 10.3 Å². The predicted octanol–water partition coefficient (Wildman–Crippen LogP) is 3.89. The first-order valence-corrected chi connectivity index (χ1v) is 11.8. The van der Waals surface area contributed by atoms with E-state index in [0.717, 1.165) is 16.8 Å². The Hall–Kier alpha value is -3.30. The molecule has 0 fully saturated rings. The summed E-state index contributed by atoms with van der Waals surface area (Å²) >= 11 is 2.61. The second-order valence-electron chi connectivity index (χ2n) is 7.26. The molecule has 0 aliphatic carbocycles. The SMILES string of the molecule is Cc1cccc(-n2c(SCC(=O)NCc3ccc4c(c3)OCO4)nc3ccsc3c2=O)c1. The van der Waals surface area contributed by atoms with E-state index in [1.54, 1.807) is 4.57 Å². The summed E-state index contributed by atoms with van der Waals surface area (Å²) in [4.78, 5) is 30.3. The first-order valence-electron chi connectivity index (χ1n) is 9.94. The molecule has 1 N–H and O–H groups in total. The lowest BCUT2D eigenvalue weighted by Crippen LogP contribution is -2.26. The van der Waals surface area contributed by atoms with Gasteiger partial charge in [0, 0.05) is 6.54 Å². The van der Waals surface area contributed by atoms with E-state index >= 15 is 0 Å². The van der Waals surface area contributed by atoms with Gasteiger partial charge in [0.1, 0.15) is 4.70 Å². The number of amides is 1. The number of carbonyl (C=O) groups excluding carboxylic acids is 1. The molecule has 3 heterocycles. The van der Waals surface area contributed by atoms with Gasteiger partial charge in [-0.15, -0.1) is 11.3 Å². The van der Waals surface area contributed by atoms with Crippen LogP contribution in [0.1, 0.15) is 11.1 Å². The van der Waals surface area contributed by atoms with Crippen LogP contribution in [0.25, 0.3) is 15.9 Å². The molecule has 2 aromatic heterocycles. The second kappa shape index (κ2) is 8.68. The molecule has 1 amide bonds. The van der Waals surface area contributed by atoms with Crippen LogP contribution in [-0.4, -0.2) is 28.0 Å². The molecule has 0 spiro atoms. The smallest absolute Gasteiger partial charge is 0.276 e. The molecular formula is C23H19N3O4S2. The van der Waals surface area contributed by atoms with Gasteiger partial charge in [-0.25, -0.2) is 4.98 Å². The van der Waals surface area contributed by atoms with Gasteiger partial charge in [-0.05, 0) is 53.8 Å². The number of benzene rings is 2. The van der Waals surface area contributed by atoms with Crippen LogP contribution >= 0.6 is 23.1 Å². The van der Waals surface area contributed by atoms with Crippen molar-refractivity contribution in [3.8, 4) is 17.2 Å². The fourth-order valence-corrected chi connectivity index (χ4v) is 5.02. The maximum atomic E-state index is 13.2. The zero-order valence-electron chi connectivity index (χ0n) is 17.2. The van der Waals surface area contributed by atoms with Gasteiger partial charge < -0.3 is 14.8 Å². The van der Waals surface area contributed by atoms with E-state index in [4.69, 9.17) is 9.47 Å². The summed E-state index contributed by atoms with van der Waals surface area (Å²) in [6.07, 6.45) is 0. The molecule has 7 nitrogen and oxygen atoms in total. The van der Waals surface area contributed by atoms with Crippen molar-refractivity contribution < 1.29 is 14.3 Å². The van der Waals surface area contributed by atoms with Gasteiger partial charge in [0.25, 0.3) is 5.56 Å². The topological polar surface area (TPSA) is 82.5 Å². The lowest BCUT2D eigenvalue weighted by atomic mass is 10.2. The third-order valence-corrected chi connectivity index (χ3v) is 6.80. The summed E-state index contributed by atoms with van der Waals surface area (Å²) in [5, 5.41) is 5.25. The summed E-state index contributed by atoms with van der Waals surface area (Å²) < 4.78 is 12.9. The summed E-state index contributed by atoms with van der Waals surface area (Å²) in [5.41, 5.74) is 3.22. The number of ether oxygens (including phenoxy) is 2. The van der Waals surface area contributed by atoms with Crippen molar-refractivity contribution in [3.05, 3.63) is 75.4 Å². The first-order chi connectivity index (χ1) is 15.6. The number of carbonyl (C=O) groups is 1. The second-order valence-corrected chi connectivity index (χ2v) is 9.12. The average molecular weight is 466 g/mol. The van der Waals surface area contributed by atoms with Gasteiger partial charge in [-0.2, -0.15) is 0 Å². The number of aryl methyl sites for hydroxylation is 1. The minimum absolute atomic E-state index is 0.126. The molecule has 0 saturated carbocycles. The number of nitrogens with one attached hydrogen (secondary N) is 1.